The SMILES string of the molecule is Cc1cccc(C(=O)Oc2ccc(C#N)c(OC(=O)c3cccc(C(=O)n4c(=O)c(F)cn([C@H]5C[C@H](OCc6ccc(Cl)cc6Cl)[C@@H](COC(=O)C6CCCCC6)O5)c4=O)c3)n2)c1. The van der Waals surface area contributed by atoms with Crippen LogP contribution in [-0.2, 0) is 25.6 Å². The van der Waals surface area contributed by atoms with Crippen LogP contribution in [0.1, 0.15) is 92.5 Å². The molecule has 3 aromatic carbocycles. The van der Waals surface area contributed by atoms with Gasteiger partial charge < -0.3 is 23.7 Å². The van der Waals surface area contributed by atoms with Crippen LogP contribution >= 0.6 is 23.2 Å². The number of rotatable bonds is 12. The molecular weight excluding hydrogens is 862 g/mol. The van der Waals surface area contributed by atoms with Crippen LogP contribution in [0.2, 0.25) is 10.0 Å². The summed E-state index contributed by atoms with van der Waals surface area (Å²) in [6, 6.07) is 20.4. The van der Waals surface area contributed by atoms with Gasteiger partial charge in [-0.2, -0.15) is 19.2 Å². The third-order valence-corrected chi connectivity index (χ3v) is 11.1. The topological polar surface area (TPSA) is 195 Å². The lowest BCUT2D eigenvalue weighted by Gasteiger charge is -2.23. The number of benzene rings is 3. The lowest BCUT2D eigenvalue weighted by Crippen LogP contribution is -2.46. The average molecular weight is 900 g/mol. The van der Waals surface area contributed by atoms with Gasteiger partial charge in [0.15, 0.2) is 0 Å². The van der Waals surface area contributed by atoms with Gasteiger partial charge in [-0.05, 0) is 73.9 Å². The van der Waals surface area contributed by atoms with Crippen LogP contribution in [0.5, 0.6) is 11.8 Å². The van der Waals surface area contributed by atoms with Crippen molar-refractivity contribution >= 4 is 47.0 Å². The molecule has 1 aliphatic carbocycles. The zero-order valence-electron chi connectivity index (χ0n) is 33.5. The number of nitrogens with zero attached hydrogens (tertiary/aromatic N) is 4. The van der Waals surface area contributed by atoms with E-state index in [1.165, 1.54) is 42.5 Å². The smallest absolute Gasteiger partial charge is 0.344 e. The summed E-state index contributed by atoms with van der Waals surface area (Å²) in [6.45, 7) is 1.49. The lowest BCUT2D eigenvalue weighted by molar-refractivity contribution is -0.157. The predicted octanol–water partition coefficient (Wildman–Crippen LogP) is 7.15. The van der Waals surface area contributed by atoms with Crippen molar-refractivity contribution in [3.8, 4) is 17.8 Å². The summed E-state index contributed by atoms with van der Waals surface area (Å²) in [6.07, 6.45) is 1.63. The summed E-state index contributed by atoms with van der Waals surface area (Å²) >= 11 is 12.4. The van der Waals surface area contributed by atoms with Crippen molar-refractivity contribution in [2.75, 3.05) is 6.61 Å². The van der Waals surface area contributed by atoms with E-state index in [2.05, 4.69) is 4.98 Å². The summed E-state index contributed by atoms with van der Waals surface area (Å²) < 4.78 is 44.8. The van der Waals surface area contributed by atoms with E-state index < -0.39 is 70.8 Å². The second kappa shape index (κ2) is 19.7. The number of carbonyl (C=O) groups excluding carboxylic acids is 4. The Bertz CT molecular complexity index is 2760. The van der Waals surface area contributed by atoms with Crippen molar-refractivity contribution in [1.29, 1.82) is 5.26 Å². The first-order valence-electron chi connectivity index (χ1n) is 19.8. The minimum Gasteiger partial charge on any atom is -0.463 e. The highest BCUT2D eigenvalue weighted by molar-refractivity contribution is 6.35. The van der Waals surface area contributed by atoms with Crippen LogP contribution < -0.4 is 20.7 Å². The molecule has 2 aliphatic rings. The van der Waals surface area contributed by atoms with Crippen molar-refractivity contribution in [3.05, 3.63) is 155 Å². The highest BCUT2D eigenvalue weighted by Crippen LogP contribution is 2.33. The number of aryl methyl sites for hydroxylation is 1. The molecule has 15 nitrogen and oxygen atoms in total. The molecule has 18 heteroatoms. The van der Waals surface area contributed by atoms with Crippen LogP contribution in [0.3, 0.4) is 0 Å². The molecule has 7 rings (SSSR count). The van der Waals surface area contributed by atoms with Crippen LogP contribution in [0.4, 0.5) is 4.39 Å². The second-order valence-electron chi connectivity index (χ2n) is 14.9. The van der Waals surface area contributed by atoms with Crippen molar-refractivity contribution in [2.45, 2.75) is 70.5 Å². The Morgan fingerprint density at radius 2 is 1.62 bits per heavy atom. The Labute approximate surface area is 368 Å². The van der Waals surface area contributed by atoms with E-state index in [4.69, 9.17) is 46.9 Å². The Morgan fingerprint density at radius 1 is 0.905 bits per heavy atom. The van der Waals surface area contributed by atoms with Gasteiger partial charge in [-0.1, -0.05) is 72.3 Å². The number of nitriles is 1. The molecule has 0 unspecified atom stereocenters. The van der Waals surface area contributed by atoms with Crippen LogP contribution in [0, 0.1) is 30.0 Å². The number of esters is 3. The highest BCUT2D eigenvalue weighted by atomic mass is 35.5. The van der Waals surface area contributed by atoms with E-state index >= 15 is 4.39 Å². The average Bonchev–Trinajstić information content (AvgIpc) is 3.69. The zero-order valence-corrected chi connectivity index (χ0v) is 35.0. The first-order valence-corrected chi connectivity index (χ1v) is 20.5. The third-order valence-electron chi connectivity index (χ3n) is 10.5. The minimum atomic E-state index is -1.57. The van der Waals surface area contributed by atoms with Gasteiger partial charge in [0.25, 0.3) is 11.5 Å². The summed E-state index contributed by atoms with van der Waals surface area (Å²) in [5.41, 5.74) is -2.12. The van der Waals surface area contributed by atoms with Gasteiger partial charge in [-0.15, -0.1) is 0 Å². The zero-order chi connectivity index (χ0) is 44.8. The van der Waals surface area contributed by atoms with E-state index in [9.17, 15) is 34.0 Å². The number of pyridine rings is 1. The van der Waals surface area contributed by atoms with Crippen molar-refractivity contribution < 1.29 is 47.3 Å². The Hall–Kier alpha value is -6.51. The van der Waals surface area contributed by atoms with Crippen LogP contribution in [0.25, 0.3) is 0 Å². The molecule has 5 aromatic rings. The van der Waals surface area contributed by atoms with Gasteiger partial charge in [-0.25, -0.2) is 14.4 Å². The molecule has 1 saturated heterocycles. The summed E-state index contributed by atoms with van der Waals surface area (Å²) in [5, 5.41) is 10.4. The molecule has 0 spiro atoms. The quantitative estimate of drug-likeness (QED) is 0.115. The first kappa shape index (κ1) is 44.5. The lowest BCUT2D eigenvalue weighted by atomic mass is 9.89. The molecule has 0 amide bonds. The van der Waals surface area contributed by atoms with Gasteiger partial charge in [0, 0.05) is 28.1 Å². The Morgan fingerprint density at radius 3 is 2.35 bits per heavy atom. The molecule has 63 heavy (non-hydrogen) atoms. The van der Waals surface area contributed by atoms with E-state index in [0.29, 0.717) is 34.6 Å². The number of hydrogen-bond acceptors (Lipinski definition) is 13. The molecule has 0 bridgehead atoms. The fraction of sp³-hybridized carbons (Fsp3) is 0.289. The highest BCUT2D eigenvalue weighted by Gasteiger charge is 2.40. The molecule has 0 N–H and O–H groups in total. The first-order chi connectivity index (χ1) is 30.3. The van der Waals surface area contributed by atoms with E-state index in [1.54, 1.807) is 37.3 Å². The van der Waals surface area contributed by atoms with Gasteiger partial charge >= 0.3 is 23.6 Å². The molecule has 2 aromatic heterocycles. The van der Waals surface area contributed by atoms with E-state index in [0.717, 1.165) is 35.5 Å². The molecule has 324 valence electrons. The number of ether oxygens (including phenoxy) is 5. The van der Waals surface area contributed by atoms with E-state index in [1.807, 2.05) is 6.07 Å². The Balaban J connectivity index is 1.11. The Kier molecular flexibility index (Phi) is 13.9. The molecular formula is C45H37Cl2FN4O11. The number of aromatic nitrogens is 3. The monoisotopic (exact) mass is 898 g/mol. The molecule has 2 fully saturated rings. The summed E-state index contributed by atoms with van der Waals surface area (Å²) in [7, 11) is 0. The molecule has 3 heterocycles. The maximum Gasteiger partial charge on any atom is 0.344 e. The number of halogens is 3. The fourth-order valence-electron chi connectivity index (χ4n) is 7.20. The van der Waals surface area contributed by atoms with Gasteiger partial charge in [-0.3, -0.25) is 19.0 Å². The van der Waals surface area contributed by atoms with Crippen LogP contribution in [0.15, 0.2) is 94.6 Å². The third kappa shape index (κ3) is 10.4. The maximum absolute atomic E-state index is 15.4. The largest absolute Gasteiger partial charge is 0.463 e. The molecule has 3 atom stereocenters. The van der Waals surface area contributed by atoms with Crippen molar-refractivity contribution in [3.63, 3.8) is 0 Å². The van der Waals surface area contributed by atoms with E-state index in [-0.39, 0.29) is 52.7 Å². The van der Waals surface area contributed by atoms with Crippen molar-refractivity contribution in [1.82, 2.24) is 14.1 Å². The molecule has 0 radical (unpaired) electrons. The normalized spacial score (nSPS) is 17.4. The predicted molar refractivity (Wildman–Crippen MR) is 222 cm³/mol. The van der Waals surface area contributed by atoms with Crippen molar-refractivity contribution in [2.24, 2.45) is 5.92 Å². The molecule has 1 saturated carbocycles. The van der Waals surface area contributed by atoms with Gasteiger partial charge in [0.1, 0.15) is 30.6 Å². The summed E-state index contributed by atoms with van der Waals surface area (Å²) in [5.74, 6) is -6.12. The minimum absolute atomic E-state index is 0.0371. The second-order valence-corrected chi connectivity index (χ2v) is 15.7. The number of hydrogen-bond donors (Lipinski definition) is 0. The molecule has 1 aliphatic heterocycles. The van der Waals surface area contributed by atoms with Crippen LogP contribution in [-0.4, -0.2) is 56.7 Å². The van der Waals surface area contributed by atoms with Gasteiger partial charge in [0.05, 0.1) is 36.0 Å². The standard InChI is InChI=1S/C45H37Cl2FN4O11/c1-25-7-5-11-28(17-25)43(56)62-37-16-14-30(21-49)39(50-37)63-44(57)29-12-6-10-27(18-29)40(53)52-41(54)34(48)22-51(45(52)58)38-20-35(59-23-31-13-15-32(46)19-33(31)47)36(61-38)24-60-42(55)26-8-3-2-4-9-26/h5-7,10-19,22,26,35-36,38H,2-4,8-9,20,23-24H2,1H3/t35-,36+,38+/m0/s1. The number of carbonyl (C=O) groups is 4. The summed E-state index contributed by atoms with van der Waals surface area (Å²) in [4.78, 5) is 84.0. The maximum atomic E-state index is 15.4. The van der Waals surface area contributed by atoms with Gasteiger partial charge in [0.2, 0.25) is 17.6 Å². The fourth-order valence-corrected chi connectivity index (χ4v) is 7.67.